The Hall–Kier alpha value is -3.64. The molecule has 0 aliphatic carbocycles. The minimum atomic E-state index is -0.313. The highest BCUT2D eigenvalue weighted by molar-refractivity contribution is 7.17. The number of para-hydroxylation sites is 1. The van der Waals surface area contributed by atoms with Gasteiger partial charge in [0.1, 0.15) is 11.5 Å². The van der Waals surface area contributed by atoms with Crippen LogP contribution in [0.25, 0.3) is 10.1 Å². The van der Waals surface area contributed by atoms with Gasteiger partial charge >= 0.3 is 0 Å². The fourth-order valence-corrected chi connectivity index (χ4v) is 3.61. The second-order valence-electron chi connectivity index (χ2n) is 6.35. The molecule has 144 valence electrons. The smallest absolute Gasteiger partial charge is 0.251 e. The Morgan fingerprint density at radius 3 is 2.55 bits per heavy atom. The number of thiophene rings is 1. The number of amides is 2. The number of fused-ring (bicyclic) bond motifs is 1. The molecule has 1 heterocycles. The SMILES string of the molecule is O=C(CNC(=O)c1ccc2sccc2c1)Nc1cccc(Oc2ccccc2)c1. The zero-order valence-electron chi connectivity index (χ0n) is 15.4. The van der Waals surface area contributed by atoms with Gasteiger partial charge in [-0.1, -0.05) is 24.3 Å². The van der Waals surface area contributed by atoms with Gasteiger partial charge in [-0.2, -0.15) is 0 Å². The molecule has 0 saturated carbocycles. The highest BCUT2D eigenvalue weighted by Gasteiger charge is 2.10. The first-order chi connectivity index (χ1) is 14.2. The largest absolute Gasteiger partial charge is 0.457 e. The second-order valence-corrected chi connectivity index (χ2v) is 7.29. The van der Waals surface area contributed by atoms with Gasteiger partial charge in [-0.05, 0) is 59.3 Å². The van der Waals surface area contributed by atoms with E-state index in [2.05, 4.69) is 10.6 Å². The number of anilines is 1. The standard InChI is InChI=1S/C23H18N2O3S/c26-22(15-24-23(27)17-9-10-21-16(13-17)11-12-29-21)25-18-5-4-8-20(14-18)28-19-6-2-1-3-7-19/h1-14H,15H2,(H,24,27)(H,25,26). The lowest BCUT2D eigenvalue weighted by molar-refractivity contribution is -0.115. The maximum Gasteiger partial charge on any atom is 0.251 e. The molecule has 0 radical (unpaired) electrons. The molecule has 0 saturated heterocycles. The summed E-state index contributed by atoms with van der Waals surface area (Å²) in [6.45, 7) is -0.121. The Labute approximate surface area is 171 Å². The van der Waals surface area contributed by atoms with E-state index in [9.17, 15) is 9.59 Å². The molecular formula is C23H18N2O3S. The molecular weight excluding hydrogens is 384 g/mol. The summed E-state index contributed by atoms with van der Waals surface area (Å²) in [5.74, 6) is 0.731. The molecule has 1 aromatic heterocycles. The van der Waals surface area contributed by atoms with Gasteiger partial charge in [0.05, 0.1) is 6.54 Å². The summed E-state index contributed by atoms with van der Waals surface area (Å²) in [6.07, 6.45) is 0. The van der Waals surface area contributed by atoms with E-state index in [0.29, 0.717) is 22.7 Å². The first-order valence-electron chi connectivity index (χ1n) is 9.06. The molecule has 0 unspecified atom stereocenters. The van der Waals surface area contributed by atoms with Crippen molar-refractivity contribution in [2.75, 3.05) is 11.9 Å². The number of carbonyl (C=O) groups excluding carboxylic acids is 2. The number of benzene rings is 3. The summed E-state index contributed by atoms with van der Waals surface area (Å²) >= 11 is 1.62. The van der Waals surface area contributed by atoms with Crippen molar-refractivity contribution in [3.05, 3.63) is 89.8 Å². The highest BCUT2D eigenvalue weighted by Crippen LogP contribution is 2.24. The minimum Gasteiger partial charge on any atom is -0.457 e. The summed E-state index contributed by atoms with van der Waals surface area (Å²) in [4.78, 5) is 24.5. The molecule has 5 nitrogen and oxygen atoms in total. The van der Waals surface area contributed by atoms with Crippen molar-refractivity contribution in [3.63, 3.8) is 0 Å². The summed E-state index contributed by atoms with van der Waals surface area (Å²) in [7, 11) is 0. The average Bonchev–Trinajstić information content (AvgIpc) is 3.21. The molecule has 2 amide bonds. The molecule has 4 aromatic rings. The van der Waals surface area contributed by atoms with Crippen LogP contribution in [0, 0.1) is 0 Å². The molecule has 0 fully saturated rings. The van der Waals surface area contributed by atoms with Crippen molar-refractivity contribution in [3.8, 4) is 11.5 Å². The zero-order chi connectivity index (χ0) is 20.1. The van der Waals surface area contributed by atoms with Gasteiger partial charge in [0, 0.05) is 22.0 Å². The van der Waals surface area contributed by atoms with E-state index in [1.807, 2.05) is 60.0 Å². The minimum absolute atomic E-state index is 0.121. The molecule has 29 heavy (non-hydrogen) atoms. The van der Waals surface area contributed by atoms with Gasteiger partial charge in [0.25, 0.3) is 5.91 Å². The van der Waals surface area contributed by atoms with Gasteiger partial charge in [0.2, 0.25) is 5.91 Å². The van der Waals surface area contributed by atoms with Crippen LogP contribution in [-0.2, 0) is 4.79 Å². The van der Waals surface area contributed by atoms with Crippen molar-refractivity contribution in [1.29, 1.82) is 0 Å². The van der Waals surface area contributed by atoms with Crippen molar-refractivity contribution < 1.29 is 14.3 Å². The van der Waals surface area contributed by atoms with Gasteiger partial charge < -0.3 is 15.4 Å². The van der Waals surface area contributed by atoms with Crippen LogP contribution in [0.1, 0.15) is 10.4 Å². The van der Waals surface area contributed by atoms with E-state index in [-0.39, 0.29) is 18.4 Å². The lowest BCUT2D eigenvalue weighted by Gasteiger charge is -2.10. The van der Waals surface area contributed by atoms with Crippen LogP contribution in [0.5, 0.6) is 11.5 Å². The fraction of sp³-hybridized carbons (Fsp3) is 0.0435. The van der Waals surface area contributed by atoms with Crippen molar-refractivity contribution >= 4 is 38.9 Å². The van der Waals surface area contributed by atoms with Crippen LogP contribution in [0.4, 0.5) is 5.69 Å². The monoisotopic (exact) mass is 402 g/mol. The Kier molecular flexibility index (Phi) is 5.54. The molecule has 3 aromatic carbocycles. The molecule has 0 bridgehead atoms. The summed E-state index contributed by atoms with van der Waals surface area (Å²) in [5, 5.41) is 8.42. The average molecular weight is 402 g/mol. The molecule has 6 heteroatoms. The van der Waals surface area contributed by atoms with E-state index in [0.717, 1.165) is 10.1 Å². The van der Waals surface area contributed by atoms with Crippen LogP contribution < -0.4 is 15.4 Å². The number of ether oxygens (including phenoxy) is 1. The number of carbonyl (C=O) groups is 2. The third-order valence-electron chi connectivity index (χ3n) is 4.22. The number of nitrogens with one attached hydrogen (secondary N) is 2. The second kappa shape index (κ2) is 8.58. The van der Waals surface area contributed by atoms with E-state index in [1.165, 1.54) is 0 Å². The first-order valence-corrected chi connectivity index (χ1v) is 9.94. The maximum absolute atomic E-state index is 12.3. The quantitative estimate of drug-likeness (QED) is 0.474. The van der Waals surface area contributed by atoms with E-state index < -0.39 is 0 Å². The number of hydrogen-bond acceptors (Lipinski definition) is 4. The van der Waals surface area contributed by atoms with Crippen molar-refractivity contribution in [1.82, 2.24) is 5.32 Å². The molecule has 0 aliphatic heterocycles. The van der Waals surface area contributed by atoms with Crippen LogP contribution in [-0.4, -0.2) is 18.4 Å². The topological polar surface area (TPSA) is 67.4 Å². The van der Waals surface area contributed by atoms with Crippen LogP contribution >= 0.6 is 11.3 Å². The van der Waals surface area contributed by atoms with Gasteiger partial charge in [-0.25, -0.2) is 0 Å². The normalized spacial score (nSPS) is 10.5. The lowest BCUT2D eigenvalue weighted by atomic mass is 10.1. The molecule has 0 atom stereocenters. The summed E-state index contributed by atoms with van der Waals surface area (Å²) in [6, 6.07) is 24.0. The highest BCUT2D eigenvalue weighted by atomic mass is 32.1. The molecule has 4 rings (SSSR count). The Balaban J connectivity index is 1.33. The maximum atomic E-state index is 12.3. The predicted molar refractivity (Wildman–Crippen MR) is 116 cm³/mol. The lowest BCUT2D eigenvalue weighted by Crippen LogP contribution is -2.32. The Bertz CT molecular complexity index is 1150. The van der Waals surface area contributed by atoms with E-state index >= 15 is 0 Å². The zero-order valence-corrected chi connectivity index (χ0v) is 16.2. The Morgan fingerprint density at radius 1 is 0.862 bits per heavy atom. The number of hydrogen-bond donors (Lipinski definition) is 2. The third kappa shape index (κ3) is 4.80. The summed E-state index contributed by atoms with van der Waals surface area (Å²) in [5.41, 5.74) is 1.12. The predicted octanol–water partition coefficient (Wildman–Crippen LogP) is 5.06. The third-order valence-corrected chi connectivity index (χ3v) is 5.12. The Morgan fingerprint density at radius 2 is 1.69 bits per heavy atom. The first kappa shape index (κ1) is 18.7. The summed E-state index contributed by atoms with van der Waals surface area (Å²) < 4.78 is 6.89. The van der Waals surface area contributed by atoms with Crippen LogP contribution in [0.15, 0.2) is 84.2 Å². The van der Waals surface area contributed by atoms with Crippen molar-refractivity contribution in [2.45, 2.75) is 0 Å². The van der Waals surface area contributed by atoms with Gasteiger partial charge in [-0.3, -0.25) is 9.59 Å². The van der Waals surface area contributed by atoms with Gasteiger partial charge in [0.15, 0.2) is 0 Å². The number of rotatable bonds is 6. The van der Waals surface area contributed by atoms with Crippen LogP contribution in [0.3, 0.4) is 0 Å². The molecule has 0 aliphatic rings. The van der Waals surface area contributed by atoms with E-state index in [4.69, 9.17) is 4.74 Å². The van der Waals surface area contributed by atoms with E-state index in [1.54, 1.807) is 35.6 Å². The molecule has 2 N–H and O–H groups in total. The van der Waals surface area contributed by atoms with Crippen molar-refractivity contribution in [2.24, 2.45) is 0 Å². The fourth-order valence-electron chi connectivity index (χ4n) is 2.84. The van der Waals surface area contributed by atoms with Crippen LogP contribution in [0.2, 0.25) is 0 Å². The van der Waals surface area contributed by atoms with Gasteiger partial charge in [-0.15, -0.1) is 11.3 Å². The molecule has 0 spiro atoms.